The standard InChI is InChI=1S/C11H14F6N2O2/c1-9(2,3)18-4-6-5-20-8(19-6)21-7(10(12,13)14)11(15,16)17/h5,7,18H,4H2,1-3H3. The van der Waals surface area contributed by atoms with Crippen molar-refractivity contribution in [3.63, 3.8) is 0 Å². The maximum atomic E-state index is 12.3. The number of alkyl halides is 6. The maximum absolute atomic E-state index is 12.3. The van der Waals surface area contributed by atoms with E-state index in [1.165, 1.54) is 0 Å². The fraction of sp³-hybridized carbons (Fsp3) is 0.727. The van der Waals surface area contributed by atoms with Crippen LogP contribution in [0.15, 0.2) is 10.7 Å². The molecular weight excluding hydrogens is 306 g/mol. The number of halogens is 6. The highest BCUT2D eigenvalue weighted by Gasteiger charge is 2.59. The largest absolute Gasteiger partial charge is 0.434 e. The summed E-state index contributed by atoms with van der Waals surface area (Å²) in [6.07, 6.45) is -15.4. The van der Waals surface area contributed by atoms with Crippen molar-refractivity contribution in [2.24, 2.45) is 0 Å². The van der Waals surface area contributed by atoms with E-state index in [2.05, 4.69) is 19.5 Å². The third kappa shape index (κ3) is 5.82. The fourth-order valence-electron chi connectivity index (χ4n) is 1.20. The first-order valence-electron chi connectivity index (χ1n) is 5.78. The molecule has 0 radical (unpaired) electrons. The van der Waals surface area contributed by atoms with Gasteiger partial charge in [0.05, 0.1) is 5.69 Å². The van der Waals surface area contributed by atoms with Crippen LogP contribution in [0.1, 0.15) is 26.5 Å². The van der Waals surface area contributed by atoms with Crippen molar-refractivity contribution in [1.82, 2.24) is 10.3 Å². The second kappa shape index (κ2) is 5.74. The molecule has 122 valence electrons. The first kappa shape index (κ1) is 17.6. The first-order chi connectivity index (χ1) is 9.29. The summed E-state index contributed by atoms with van der Waals surface area (Å²) in [5, 5.41) is 2.94. The van der Waals surface area contributed by atoms with Gasteiger partial charge in [0.15, 0.2) is 0 Å². The van der Waals surface area contributed by atoms with E-state index in [0.29, 0.717) is 0 Å². The van der Waals surface area contributed by atoms with E-state index in [1.807, 2.05) is 20.8 Å². The van der Waals surface area contributed by atoms with Gasteiger partial charge in [-0.1, -0.05) is 0 Å². The minimum atomic E-state index is -5.61. The maximum Gasteiger partial charge on any atom is 0.434 e. The highest BCUT2D eigenvalue weighted by molar-refractivity contribution is 5.01. The smallest absolute Gasteiger partial charge is 0.427 e. The molecule has 0 aromatic carbocycles. The number of oxazole rings is 1. The van der Waals surface area contributed by atoms with E-state index in [-0.39, 0.29) is 17.8 Å². The molecule has 1 heterocycles. The number of hydrogen-bond acceptors (Lipinski definition) is 4. The second-order valence-corrected chi connectivity index (χ2v) is 5.29. The molecule has 4 nitrogen and oxygen atoms in total. The molecule has 1 rings (SSSR count). The van der Waals surface area contributed by atoms with Gasteiger partial charge in [0, 0.05) is 12.1 Å². The number of nitrogens with zero attached hydrogens (tertiary/aromatic N) is 1. The molecule has 0 aliphatic rings. The Morgan fingerprint density at radius 3 is 2.10 bits per heavy atom. The molecule has 0 unspecified atom stereocenters. The summed E-state index contributed by atoms with van der Waals surface area (Å²) in [7, 11) is 0. The highest BCUT2D eigenvalue weighted by Crippen LogP contribution is 2.36. The Bertz CT molecular complexity index is 447. The van der Waals surface area contributed by atoms with Crippen LogP contribution >= 0.6 is 0 Å². The number of hydrogen-bond donors (Lipinski definition) is 1. The van der Waals surface area contributed by atoms with Gasteiger partial charge in [-0.15, -0.1) is 0 Å². The third-order valence-electron chi connectivity index (χ3n) is 2.14. The zero-order valence-electron chi connectivity index (χ0n) is 11.4. The summed E-state index contributed by atoms with van der Waals surface area (Å²) in [5.41, 5.74) is -0.177. The van der Waals surface area contributed by atoms with E-state index >= 15 is 0 Å². The van der Waals surface area contributed by atoms with Gasteiger partial charge in [0.2, 0.25) is 0 Å². The van der Waals surface area contributed by atoms with Crippen LogP contribution < -0.4 is 10.1 Å². The molecule has 1 aromatic rings. The molecule has 1 aromatic heterocycles. The Labute approximate surface area is 116 Å². The summed E-state index contributed by atoms with van der Waals surface area (Å²) in [5.74, 6) is 0. The number of aromatic nitrogens is 1. The molecule has 0 fully saturated rings. The van der Waals surface area contributed by atoms with Gasteiger partial charge in [-0.25, -0.2) is 0 Å². The lowest BCUT2D eigenvalue weighted by molar-refractivity contribution is -0.303. The van der Waals surface area contributed by atoms with Crippen LogP contribution in [-0.2, 0) is 6.54 Å². The van der Waals surface area contributed by atoms with E-state index in [0.717, 1.165) is 6.26 Å². The van der Waals surface area contributed by atoms with Gasteiger partial charge in [-0.05, 0) is 20.8 Å². The molecule has 0 spiro atoms. The van der Waals surface area contributed by atoms with Crippen molar-refractivity contribution >= 4 is 0 Å². The number of rotatable bonds is 4. The summed E-state index contributed by atoms with van der Waals surface area (Å²) >= 11 is 0. The van der Waals surface area contributed by atoms with Crippen LogP contribution in [0, 0.1) is 0 Å². The molecule has 10 heteroatoms. The predicted octanol–water partition coefficient (Wildman–Crippen LogP) is 3.43. The molecule has 0 aliphatic heterocycles. The number of nitrogens with one attached hydrogen (secondary N) is 1. The Kier molecular flexibility index (Phi) is 4.81. The van der Waals surface area contributed by atoms with Crippen LogP contribution in [0.4, 0.5) is 26.3 Å². The lowest BCUT2D eigenvalue weighted by Crippen LogP contribution is -2.46. The lowest BCUT2D eigenvalue weighted by Gasteiger charge is -2.21. The van der Waals surface area contributed by atoms with Gasteiger partial charge in [-0.2, -0.15) is 31.3 Å². The average Bonchev–Trinajstić information content (AvgIpc) is 2.66. The minimum absolute atomic E-state index is 0.110. The van der Waals surface area contributed by atoms with E-state index in [4.69, 9.17) is 0 Å². The van der Waals surface area contributed by atoms with Crippen molar-refractivity contribution in [3.8, 4) is 6.08 Å². The van der Waals surface area contributed by atoms with Crippen LogP contribution in [0.5, 0.6) is 6.08 Å². The molecule has 0 aliphatic carbocycles. The first-order valence-corrected chi connectivity index (χ1v) is 5.78. The average molecular weight is 320 g/mol. The van der Waals surface area contributed by atoms with Crippen molar-refractivity contribution in [1.29, 1.82) is 0 Å². The molecule has 0 atom stereocenters. The predicted molar refractivity (Wildman–Crippen MR) is 59.6 cm³/mol. The summed E-state index contributed by atoms with van der Waals surface area (Å²) in [4.78, 5) is 3.43. The van der Waals surface area contributed by atoms with E-state index < -0.39 is 24.5 Å². The third-order valence-corrected chi connectivity index (χ3v) is 2.14. The Morgan fingerprint density at radius 2 is 1.67 bits per heavy atom. The van der Waals surface area contributed by atoms with Gasteiger partial charge in [-0.3, -0.25) is 0 Å². The molecule has 0 amide bonds. The Morgan fingerprint density at radius 1 is 1.14 bits per heavy atom. The summed E-state index contributed by atoms with van der Waals surface area (Å²) in [6.45, 7) is 5.59. The van der Waals surface area contributed by atoms with Crippen LogP contribution in [-0.4, -0.2) is 29.0 Å². The van der Waals surface area contributed by atoms with Crippen molar-refractivity contribution < 1.29 is 35.5 Å². The molecule has 0 saturated heterocycles. The monoisotopic (exact) mass is 320 g/mol. The van der Waals surface area contributed by atoms with Crippen molar-refractivity contribution in [2.45, 2.75) is 51.3 Å². The molecule has 1 N–H and O–H groups in total. The zero-order chi connectivity index (χ0) is 16.5. The van der Waals surface area contributed by atoms with Gasteiger partial charge in [0.25, 0.3) is 6.10 Å². The van der Waals surface area contributed by atoms with Crippen molar-refractivity contribution in [3.05, 3.63) is 12.0 Å². The SMILES string of the molecule is CC(C)(C)NCc1coc(OC(C(F)(F)F)C(F)(F)F)n1. The molecular formula is C11H14F6N2O2. The van der Waals surface area contributed by atoms with Crippen LogP contribution in [0.25, 0.3) is 0 Å². The van der Waals surface area contributed by atoms with Crippen LogP contribution in [0.2, 0.25) is 0 Å². The fourth-order valence-corrected chi connectivity index (χ4v) is 1.20. The van der Waals surface area contributed by atoms with Gasteiger partial charge in [0.1, 0.15) is 6.26 Å². The molecule has 0 saturated carbocycles. The Balaban J connectivity index is 2.76. The summed E-state index contributed by atoms with van der Waals surface area (Å²) < 4.78 is 82.0. The zero-order valence-corrected chi connectivity index (χ0v) is 11.4. The normalized spacial score (nSPS) is 13.8. The Hall–Kier alpha value is -1.45. The van der Waals surface area contributed by atoms with E-state index in [9.17, 15) is 26.3 Å². The summed E-state index contributed by atoms with van der Waals surface area (Å²) in [6, 6.07) is 0. The minimum Gasteiger partial charge on any atom is -0.427 e. The van der Waals surface area contributed by atoms with Crippen LogP contribution in [0.3, 0.4) is 0 Å². The highest BCUT2D eigenvalue weighted by atomic mass is 19.4. The van der Waals surface area contributed by atoms with Gasteiger partial charge >= 0.3 is 18.4 Å². The van der Waals surface area contributed by atoms with Crippen molar-refractivity contribution in [2.75, 3.05) is 0 Å². The second-order valence-electron chi connectivity index (χ2n) is 5.29. The van der Waals surface area contributed by atoms with Gasteiger partial charge < -0.3 is 14.5 Å². The lowest BCUT2D eigenvalue weighted by atomic mass is 10.1. The number of ether oxygens (including phenoxy) is 1. The topological polar surface area (TPSA) is 47.3 Å². The van der Waals surface area contributed by atoms with E-state index in [1.54, 1.807) is 0 Å². The quantitative estimate of drug-likeness (QED) is 0.864. The molecule has 0 bridgehead atoms. The molecule has 21 heavy (non-hydrogen) atoms.